The molecule has 0 saturated carbocycles. The van der Waals surface area contributed by atoms with E-state index < -0.39 is 20.0 Å². The molecular formula is C18H21BrN2O4S2. The van der Waals surface area contributed by atoms with Crippen LogP contribution in [-0.2, 0) is 26.5 Å². The van der Waals surface area contributed by atoms with Gasteiger partial charge in [-0.05, 0) is 48.4 Å². The standard InChI is InChI=1S/C18H21BrN2O4S2/c1-2-15-3-7-17(8-4-15)26(22,23)20-11-13-21(14-12-20)27(24,25)18-9-5-16(19)6-10-18/h3-10H,2,11-14H2,1H3. The molecule has 0 bridgehead atoms. The molecule has 1 saturated heterocycles. The van der Waals surface area contributed by atoms with E-state index in [1.165, 1.54) is 20.7 Å². The summed E-state index contributed by atoms with van der Waals surface area (Å²) in [5.41, 5.74) is 1.07. The zero-order valence-corrected chi connectivity index (χ0v) is 18.1. The molecule has 1 aliphatic rings. The maximum Gasteiger partial charge on any atom is 0.243 e. The molecule has 0 aromatic heterocycles. The molecule has 1 fully saturated rings. The lowest BCUT2D eigenvalue weighted by Crippen LogP contribution is -2.50. The number of halogens is 1. The van der Waals surface area contributed by atoms with Gasteiger partial charge in [0.05, 0.1) is 9.79 Å². The Morgan fingerprint density at radius 3 is 1.48 bits per heavy atom. The summed E-state index contributed by atoms with van der Waals surface area (Å²) in [5.74, 6) is 0. The molecule has 1 aliphatic heterocycles. The highest BCUT2D eigenvalue weighted by molar-refractivity contribution is 9.10. The van der Waals surface area contributed by atoms with Gasteiger partial charge in [0.15, 0.2) is 0 Å². The molecule has 9 heteroatoms. The summed E-state index contributed by atoms with van der Waals surface area (Å²) in [6.07, 6.45) is 0.840. The highest BCUT2D eigenvalue weighted by Gasteiger charge is 2.33. The van der Waals surface area contributed by atoms with Crippen molar-refractivity contribution in [2.45, 2.75) is 23.1 Å². The van der Waals surface area contributed by atoms with Gasteiger partial charge < -0.3 is 0 Å². The first kappa shape index (κ1) is 20.5. The van der Waals surface area contributed by atoms with Crippen LogP contribution in [0.5, 0.6) is 0 Å². The zero-order valence-electron chi connectivity index (χ0n) is 14.9. The predicted molar refractivity (Wildman–Crippen MR) is 107 cm³/mol. The van der Waals surface area contributed by atoms with E-state index in [1.54, 1.807) is 36.4 Å². The summed E-state index contributed by atoms with van der Waals surface area (Å²) in [6.45, 7) is 2.53. The van der Waals surface area contributed by atoms with Crippen molar-refractivity contribution >= 4 is 36.0 Å². The van der Waals surface area contributed by atoms with E-state index in [1.807, 2.05) is 6.92 Å². The fraction of sp³-hybridized carbons (Fsp3) is 0.333. The minimum atomic E-state index is -3.63. The van der Waals surface area contributed by atoms with E-state index in [2.05, 4.69) is 15.9 Å². The lowest BCUT2D eigenvalue weighted by Gasteiger charge is -2.33. The maximum absolute atomic E-state index is 12.8. The van der Waals surface area contributed by atoms with Crippen LogP contribution in [0.3, 0.4) is 0 Å². The molecule has 0 aliphatic carbocycles. The molecule has 1 heterocycles. The fourth-order valence-electron chi connectivity index (χ4n) is 2.95. The average Bonchev–Trinajstić information content (AvgIpc) is 2.68. The minimum absolute atomic E-state index is 0.130. The third kappa shape index (κ3) is 4.27. The minimum Gasteiger partial charge on any atom is -0.207 e. The molecule has 0 atom stereocenters. The Labute approximate surface area is 169 Å². The van der Waals surface area contributed by atoms with Gasteiger partial charge in [0.2, 0.25) is 20.0 Å². The Balaban J connectivity index is 1.73. The van der Waals surface area contributed by atoms with Crippen LogP contribution >= 0.6 is 15.9 Å². The van der Waals surface area contributed by atoms with Crippen molar-refractivity contribution in [2.75, 3.05) is 26.2 Å². The van der Waals surface area contributed by atoms with Crippen LogP contribution in [-0.4, -0.2) is 51.6 Å². The van der Waals surface area contributed by atoms with Crippen molar-refractivity contribution in [3.8, 4) is 0 Å². The van der Waals surface area contributed by atoms with E-state index in [0.29, 0.717) is 0 Å². The second-order valence-corrected chi connectivity index (χ2v) is 11.1. The summed E-state index contributed by atoms with van der Waals surface area (Å²) in [4.78, 5) is 0.445. The van der Waals surface area contributed by atoms with Crippen molar-refractivity contribution in [1.82, 2.24) is 8.61 Å². The number of aryl methyl sites for hydroxylation is 1. The molecule has 146 valence electrons. The summed E-state index contributed by atoms with van der Waals surface area (Å²) in [6, 6.07) is 13.3. The molecule has 0 amide bonds. The fourth-order valence-corrected chi connectivity index (χ4v) is 6.06. The van der Waals surface area contributed by atoms with Crippen LogP contribution in [0.2, 0.25) is 0 Å². The highest BCUT2D eigenvalue weighted by atomic mass is 79.9. The number of hydrogen-bond donors (Lipinski definition) is 0. The zero-order chi connectivity index (χ0) is 19.7. The van der Waals surface area contributed by atoms with Crippen LogP contribution < -0.4 is 0 Å². The van der Waals surface area contributed by atoms with Gasteiger partial charge in [-0.2, -0.15) is 8.61 Å². The van der Waals surface area contributed by atoms with Crippen LogP contribution in [0.25, 0.3) is 0 Å². The molecule has 2 aromatic carbocycles. The molecule has 27 heavy (non-hydrogen) atoms. The lowest BCUT2D eigenvalue weighted by atomic mass is 10.2. The van der Waals surface area contributed by atoms with Gasteiger partial charge in [-0.25, -0.2) is 16.8 Å². The van der Waals surface area contributed by atoms with Crippen molar-refractivity contribution in [2.24, 2.45) is 0 Å². The Hall–Kier alpha value is -1.26. The number of rotatable bonds is 5. The quantitative estimate of drug-likeness (QED) is 0.670. The molecule has 0 unspecified atom stereocenters. The Morgan fingerprint density at radius 1 is 0.741 bits per heavy atom. The number of benzene rings is 2. The van der Waals surface area contributed by atoms with Gasteiger partial charge in [0, 0.05) is 30.7 Å². The Bertz CT molecular complexity index is 996. The Morgan fingerprint density at radius 2 is 1.11 bits per heavy atom. The first-order chi connectivity index (χ1) is 12.7. The smallest absolute Gasteiger partial charge is 0.207 e. The summed E-state index contributed by atoms with van der Waals surface area (Å²) in [7, 11) is -7.25. The second-order valence-electron chi connectivity index (χ2n) is 6.26. The molecule has 2 aromatic rings. The van der Waals surface area contributed by atoms with Crippen molar-refractivity contribution in [3.63, 3.8) is 0 Å². The van der Waals surface area contributed by atoms with E-state index >= 15 is 0 Å². The molecule has 6 nitrogen and oxygen atoms in total. The van der Waals surface area contributed by atoms with Crippen LogP contribution in [0.4, 0.5) is 0 Å². The van der Waals surface area contributed by atoms with E-state index in [0.717, 1.165) is 16.5 Å². The second kappa shape index (κ2) is 8.00. The van der Waals surface area contributed by atoms with Gasteiger partial charge in [-0.15, -0.1) is 0 Å². The van der Waals surface area contributed by atoms with Crippen LogP contribution in [0.1, 0.15) is 12.5 Å². The van der Waals surface area contributed by atoms with Crippen molar-refractivity contribution in [1.29, 1.82) is 0 Å². The van der Waals surface area contributed by atoms with Crippen molar-refractivity contribution in [3.05, 3.63) is 58.6 Å². The van der Waals surface area contributed by atoms with E-state index in [4.69, 9.17) is 0 Å². The van der Waals surface area contributed by atoms with Gasteiger partial charge in [-0.1, -0.05) is 35.0 Å². The number of nitrogens with zero attached hydrogens (tertiary/aromatic N) is 2. The lowest BCUT2D eigenvalue weighted by molar-refractivity contribution is 0.273. The number of sulfonamides is 2. The van der Waals surface area contributed by atoms with E-state index in [-0.39, 0.29) is 36.0 Å². The van der Waals surface area contributed by atoms with Gasteiger partial charge in [0.25, 0.3) is 0 Å². The average molecular weight is 473 g/mol. The summed E-state index contributed by atoms with van der Waals surface area (Å²) < 4.78 is 54.6. The van der Waals surface area contributed by atoms with Gasteiger partial charge >= 0.3 is 0 Å². The first-order valence-electron chi connectivity index (χ1n) is 8.60. The topological polar surface area (TPSA) is 74.8 Å². The third-order valence-corrected chi connectivity index (χ3v) is 8.97. The van der Waals surface area contributed by atoms with Crippen molar-refractivity contribution < 1.29 is 16.8 Å². The normalized spacial score (nSPS) is 17.1. The number of piperazine rings is 1. The van der Waals surface area contributed by atoms with Crippen LogP contribution in [0, 0.1) is 0 Å². The van der Waals surface area contributed by atoms with Gasteiger partial charge in [-0.3, -0.25) is 0 Å². The first-order valence-corrected chi connectivity index (χ1v) is 12.3. The largest absolute Gasteiger partial charge is 0.243 e. The molecule has 3 rings (SSSR count). The third-order valence-electron chi connectivity index (χ3n) is 4.62. The van der Waals surface area contributed by atoms with E-state index in [9.17, 15) is 16.8 Å². The maximum atomic E-state index is 12.8. The molecule has 0 radical (unpaired) electrons. The molecular weight excluding hydrogens is 452 g/mol. The summed E-state index contributed by atoms with van der Waals surface area (Å²) >= 11 is 3.29. The monoisotopic (exact) mass is 472 g/mol. The highest BCUT2D eigenvalue weighted by Crippen LogP contribution is 2.23. The predicted octanol–water partition coefficient (Wildman–Crippen LogP) is 2.71. The SMILES string of the molecule is CCc1ccc(S(=O)(=O)N2CCN(S(=O)(=O)c3ccc(Br)cc3)CC2)cc1. The van der Waals surface area contributed by atoms with Gasteiger partial charge in [0.1, 0.15) is 0 Å². The van der Waals surface area contributed by atoms with Crippen LogP contribution in [0.15, 0.2) is 62.8 Å². The number of hydrogen-bond acceptors (Lipinski definition) is 4. The summed E-state index contributed by atoms with van der Waals surface area (Å²) in [5, 5.41) is 0. The Kier molecular flexibility index (Phi) is 6.07. The molecule has 0 spiro atoms. The molecule has 0 N–H and O–H groups in total.